The number of nitrogens with one attached hydrogen (secondary N) is 1. The second kappa shape index (κ2) is 8.22. The van der Waals surface area contributed by atoms with Crippen molar-refractivity contribution in [3.8, 4) is 0 Å². The van der Waals surface area contributed by atoms with Crippen molar-refractivity contribution in [2.45, 2.75) is 37.6 Å². The predicted octanol–water partition coefficient (Wildman–Crippen LogP) is 2.54. The van der Waals surface area contributed by atoms with Crippen molar-refractivity contribution < 1.29 is 13.2 Å². The van der Waals surface area contributed by atoms with Gasteiger partial charge in [0.15, 0.2) is 0 Å². The molecule has 2 amide bonds. The molecule has 0 bridgehead atoms. The zero-order valence-corrected chi connectivity index (χ0v) is 18.5. The van der Waals surface area contributed by atoms with E-state index in [-0.39, 0.29) is 29.5 Å². The minimum Gasteiger partial charge on any atom is -0.369 e. The molecule has 9 heteroatoms. The molecule has 1 atom stereocenters. The van der Waals surface area contributed by atoms with Gasteiger partial charge in [-0.1, -0.05) is 31.2 Å². The molecular formula is C22H27N5O3S. The highest BCUT2D eigenvalue weighted by molar-refractivity contribution is 7.89. The molecule has 0 fully saturated rings. The number of urea groups is 1. The van der Waals surface area contributed by atoms with Crippen LogP contribution in [0.25, 0.3) is 0 Å². The van der Waals surface area contributed by atoms with Crippen LogP contribution in [0.15, 0.2) is 52.4 Å². The lowest BCUT2D eigenvalue weighted by molar-refractivity contribution is 0.247. The Morgan fingerprint density at radius 2 is 2.03 bits per heavy atom. The van der Waals surface area contributed by atoms with Gasteiger partial charge in [-0.15, -0.1) is 0 Å². The molecule has 2 heterocycles. The number of anilines is 1. The number of hydrogen-bond donors (Lipinski definition) is 2. The third kappa shape index (κ3) is 3.85. The van der Waals surface area contributed by atoms with Gasteiger partial charge >= 0.3 is 6.03 Å². The molecule has 2 aliphatic rings. The maximum Gasteiger partial charge on any atom is 0.321 e. The van der Waals surface area contributed by atoms with E-state index < -0.39 is 10.0 Å². The summed E-state index contributed by atoms with van der Waals surface area (Å²) in [6.07, 6.45) is 1.46. The van der Waals surface area contributed by atoms with Crippen LogP contribution in [0.1, 0.15) is 36.1 Å². The first-order valence-electron chi connectivity index (χ1n) is 10.4. The fraction of sp³-hybridized carbons (Fsp3) is 0.364. The Kier molecular flexibility index (Phi) is 5.62. The molecule has 4 rings (SSSR count). The summed E-state index contributed by atoms with van der Waals surface area (Å²) in [6, 6.07) is 12.2. The van der Waals surface area contributed by atoms with E-state index in [1.54, 1.807) is 17.0 Å². The Morgan fingerprint density at radius 3 is 2.77 bits per heavy atom. The van der Waals surface area contributed by atoms with Gasteiger partial charge in [0.2, 0.25) is 5.96 Å². The predicted molar refractivity (Wildman–Crippen MR) is 121 cm³/mol. The second-order valence-electron chi connectivity index (χ2n) is 7.82. The number of amides is 2. The van der Waals surface area contributed by atoms with Crippen molar-refractivity contribution in [2.24, 2.45) is 10.7 Å². The highest BCUT2D eigenvalue weighted by Crippen LogP contribution is 2.33. The first-order chi connectivity index (χ1) is 14.8. The number of fused-ring (bicyclic) bond motifs is 1. The van der Waals surface area contributed by atoms with Crippen LogP contribution in [0.5, 0.6) is 0 Å². The Balaban J connectivity index is 1.57. The van der Waals surface area contributed by atoms with Crippen LogP contribution in [0, 0.1) is 6.92 Å². The molecule has 0 spiro atoms. The first-order valence-corrected chi connectivity index (χ1v) is 11.9. The average molecular weight is 442 g/mol. The number of sulfonamides is 1. The first kappa shape index (κ1) is 21.2. The van der Waals surface area contributed by atoms with Crippen LogP contribution in [-0.4, -0.2) is 44.3 Å². The summed E-state index contributed by atoms with van der Waals surface area (Å²) >= 11 is 0. The molecule has 2 aliphatic heterocycles. The van der Waals surface area contributed by atoms with Gasteiger partial charge in [0.1, 0.15) is 0 Å². The lowest BCUT2D eigenvalue weighted by Gasteiger charge is -2.21. The van der Waals surface area contributed by atoms with E-state index in [1.165, 1.54) is 10.4 Å². The molecule has 0 saturated heterocycles. The average Bonchev–Trinajstić information content (AvgIpc) is 3.35. The molecule has 1 unspecified atom stereocenters. The zero-order valence-electron chi connectivity index (χ0n) is 17.7. The monoisotopic (exact) mass is 441 g/mol. The topological polar surface area (TPSA) is 108 Å². The summed E-state index contributed by atoms with van der Waals surface area (Å²) in [4.78, 5) is 18.6. The van der Waals surface area contributed by atoms with Crippen molar-refractivity contribution in [2.75, 3.05) is 24.5 Å². The Bertz CT molecular complexity index is 1150. The number of nitrogens with zero attached hydrogens (tertiary/aromatic N) is 3. The maximum atomic E-state index is 13.3. The van der Waals surface area contributed by atoms with Gasteiger partial charge in [0.05, 0.1) is 17.5 Å². The summed E-state index contributed by atoms with van der Waals surface area (Å²) in [5.41, 5.74) is 9.62. The van der Waals surface area contributed by atoms with Crippen molar-refractivity contribution in [1.29, 1.82) is 0 Å². The Hall–Kier alpha value is -3.07. The van der Waals surface area contributed by atoms with Crippen LogP contribution >= 0.6 is 0 Å². The molecule has 0 saturated carbocycles. The Labute approximate surface area is 182 Å². The molecule has 2 aromatic rings. The van der Waals surface area contributed by atoms with Gasteiger partial charge < -0.3 is 11.1 Å². The lowest BCUT2D eigenvalue weighted by Crippen LogP contribution is -2.39. The maximum absolute atomic E-state index is 13.3. The van der Waals surface area contributed by atoms with E-state index in [1.807, 2.05) is 38.1 Å². The normalized spacial score (nSPS) is 18.1. The molecule has 0 aliphatic carbocycles. The smallest absolute Gasteiger partial charge is 0.321 e. The van der Waals surface area contributed by atoms with Crippen LogP contribution < -0.4 is 16.0 Å². The molecule has 8 nitrogen and oxygen atoms in total. The number of nitrogens with two attached hydrogens (primary N) is 1. The molecule has 0 radical (unpaired) electrons. The van der Waals surface area contributed by atoms with Gasteiger partial charge in [0.25, 0.3) is 10.0 Å². The highest BCUT2D eigenvalue weighted by Gasteiger charge is 2.36. The van der Waals surface area contributed by atoms with Crippen molar-refractivity contribution >= 4 is 27.7 Å². The van der Waals surface area contributed by atoms with Crippen molar-refractivity contribution in [1.82, 2.24) is 9.62 Å². The quantitative estimate of drug-likeness (QED) is 0.743. The third-order valence-electron chi connectivity index (χ3n) is 5.74. The summed E-state index contributed by atoms with van der Waals surface area (Å²) in [5.74, 6) is -0.00526. The zero-order chi connectivity index (χ0) is 22.2. The van der Waals surface area contributed by atoms with Gasteiger partial charge in [-0.25, -0.2) is 22.5 Å². The number of benzene rings is 2. The number of aryl methyl sites for hydroxylation is 1. The summed E-state index contributed by atoms with van der Waals surface area (Å²) in [5, 5.41) is 2.86. The van der Waals surface area contributed by atoms with Crippen molar-refractivity contribution in [3.63, 3.8) is 0 Å². The number of carbonyl (C=O) groups excluding carboxylic acids is 1. The highest BCUT2D eigenvalue weighted by atomic mass is 32.2. The van der Waals surface area contributed by atoms with Gasteiger partial charge in [-0.05, 0) is 54.7 Å². The molecule has 31 heavy (non-hydrogen) atoms. The minimum atomic E-state index is -3.86. The van der Waals surface area contributed by atoms with E-state index >= 15 is 0 Å². The summed E-state index contributed by atoms with van der Waals surface area (Å²) in [7, 11) is -3.86. The van der Waals surface area contributed by atoms with Crippen LogP contribution in [0.2, 0.25) is 0 Å². The number of rotatable bonds is 5. The number of hydrogen-bond acceptors (Lipinski definition) is 5. The van der Waals surface area contributed by atoms with Gasteiger partial charge in [-0.2, -0.15) is 0 Å². The fourth-order valence-corrected chi connectivity index (χ4v) is 5.49. The second-order valence-corrected chi connectivity index (χ2v) is 9.68. The van der Waals surface area contributed by atoms with E-state index in [4.69, 9.17) is 5.73 Å². The van der Waals surface area contributed by atoms with Crippen LogP contribution in [-0.2, 0) is 16.4 Å². The van der Waals surface area contributed by atoms with E-state index in [0.29, 0.717) is 19.5 Å². The molecule has 164 valence electrons. The van der Waals surface area contributed by atoms with Gasteiger partial charge in [0, 0.05) is 18.8 Å². The van der Waals surface area contributed by atoms with E-state index in [2.05, 4.69) is 10.3 Å². The number of guanidine groups is 1. The van der Waals surface area contributed by atoms with Gasteiger partial charge in [-0.3, -0.25) is 4.90 Å². The summed E-state index contributed by atoms with van der Waals surface area (Å²) < 4.78 is 27.8. The minimum absolute atomic E-state index is 0.00526. The molecular weight excluding hydrogens is 414 g/mol. The van der Waals surface area contributed by atoms with Crippen LogP contribution in [0.4, 0.5) is 10.5 Å². The molecule has 3 N–H and O–H groups in total. The number of aliphatic imine (C=N–C) groups is 1. The van der Waals surface area contributed by atoms with Crippen molar-refractivity contribution in [3.05, 3.63) is 59.2 Å². The lowest BCUT2D eigenvalue weighted by atomic mass is 10.0. The standard InChI is InChI=1S/C22H27N5O3S/c1-3-11-24-22(28)26-12-10-16-13-17(8-9-20(16)26)31(29,30)27-14-19(25-21(27)23)18-7-5-4-6-15(18)2/h4-9,13,19H,3,10-12,14H2,1-2H3,(H2,23,25)(H,24,28). The van der Waals surface area contributed by atoms with E-state index in [9.17, 15) is 13.2 Å². The summed E-state index contributed by atoms with van der Waals surface area (Å²) in [6.45, 7) is 5.26. The fourth-order valence-electron chi connectivity index (χ4n) is 4.07. The van der Waals surface area contributed by atoms with Crippen LogP contribution in [0.3, 0.4) is 0 Å². The SMILES string of the molecule is CCCNC(=O)N1CCc2cc(S(=O)(=O)N3CC(c4ccccc4C)N=C3N)ccc21. The molecule has 2 aromatic carbocycles. The Morgan fingerprint density at radius 1 is 1.26 bits per heavy atom. The third-order valence-corrected chi connectivity index (χ3v) is 7.50. The molecule has 0 aromatic heterocycles. The number of carbonyl (C=O) groups is 1. The van der Waals surface area contributed by atoms with E-state index in [0.717, 1.165) is 28.8 Å². The largest absolute Gasteiger partial charge is 0.369 e.